The number of benzene rings is 1. The summed E-state index contributed by atoms with van der Waals surface area (Å²) in [5.41, 5.74) is 1.59. The third-order valence-corrected chi connectivity index (χ3v) is 6.30. The lowest BCUT2D eigenvalue weighted by Gasteiger charge is -2.48. The third-order valence-electron chi connectivity index (χ3n) is 6.30. The molecule has 2 saturated heterocycles. The van der Waals surface area contributed by atoms with E-state index in [-0.39, 0.29) is 18.1 Å². The average molecular weight is 409 g/mol. The lowest BCUT2D eigenvalue weighted by atomic mass is 9.73. The maximum absolute atomic E-state index is 12.8. The second-order valence-electron chi connectivity index (χ2n) is 9.61. The fourth-order valence-corrected chi connectivity index (χ4v) is 5.01. The number of aromatic nitrogens is 3. The van der Waals surface area contributed by atoms with Crippen molar-refractivity contribution in [1.29, 1.82) is 0 Å². The predicted octanol–water partition coefficient (Wildman–Crippen LogP) is 4.73. The van der Waals surface area contributed by atoms with E-state index in [1.807, 2.05) is 51.0 Å². The molecule has 3 aliphatic rings. The Bertz CT molecular complexity index is 1090. The molecule has 6 rings (SSSR count). The molecule has 1 aliphatic carbocycles. The maximum Gasteiger partial charge on any atom is 0.410 e. The molecule has 1 amide bonds. The Morgan fingerprint density at radius 3 is 2.80 bits per heavy atom. The molecule has 0 spiro atoms. The Kier molecular flexibility index (Phi) is 4.38. The summed E-state index contributed by atoms with van der Waals surface area (Å²) in [6, 6.07) is 8.25. The van der Waals surface area contributed by atoms with Crippen LogP contribution in [0.1, 0.15) is 51.8 Å². The highest BCUT2D eigenvalue weighted by Crippen LogP contribution is 2.44. The van der Waals surface area contributed by atoms with Crippen LogP contribution in [0.4, 0.5) is 4.79 Å². The normalized spacial score (nSPS) is 23.9. The van der Waals surface area contributed by atoms with Crippen LogP contribution in [0, 0.1) is 5.92 Å². The first-order chi connectivity index (χ1) is 14.3. The van der Waals surface area contributed by atoms with Crippen molar-refractivity contribution < 1.29 is 14.1 Å². The molecule has 30 heavy (non-hydrogen) atoms. The molecule has 1 unspecified atom stereocenters. The summed E-state index contributed by atoms with van der Waals surface area (Å²) in [5.74, 6) is 1.73. The van der Waals surface area contributed by atoms with Crippen molar-refractivity contribution in [3.63, 3.8) is 0 Å². The molecule has 158 valence electrons. The molecule has 1 saturated carbocycles. The van der Waals surface area contributed by atoms with Gasteiger partial charge in [0, 0.05) is 42.3 Å². The van der Waals surface area contributed by atoms with E-state index in [0.717, 1.165) is 42.3 Å². The number of carbonyl (C=O) groups is 1. The van der Waals surface area contributed by atoms with Gasteiger partial charge in [0.25, 0.3) is 0 Å². The van der Waals surface area contributed by atoms with Crippen LogP contribution in [0.3, 0.4) is 0 Å². The minimum absolute atomic E-state index is 0.0469. The summed E-state index contributed by atoms with van der Waals surface area (Å²) in [6.07, 6.45) is 4.85. The van der Waals surface area contributed by atoms with Crippen LogP contribution in [-0.4, -0.2) is 43.9 Å². The van der Waals surface area contributed by atoms with Gasteiger partial charge < -0.3 is 18.7 Å². The fourth-order valence-electron chi connectivity index (χ4n) is 5.01. The van der Waals surface area contributed by atoms with Crippen molar-refractivity contribution in [1.82, 2.24) is 19.6 Å². The number of hydrogen-bond donors (Lipinski definition) is 0. The molecular weight excluding hydrogens is 380 g/mol. The van der Waals surface area contributed by atoms with E-state index >= 15 is 0 Å². The molecule has 3 atom stereocenters. The second kappa shape index (κ2) is 6.86. The molecule has 2 bridgehead atoms. The van der Waals surface area contributed by atoms with Crippen LogP contribution < -0.4 is 0 Å². The minimum atomic E-state index is -0.505. The van der Waals surface area contributed by atoms with E-state index in [1.54, 1.807) is 0 Å². The molecule has 7 heteroatoms. The SMILES string of the molecule is Cn1cc(-c2noc([C@@H]3CC4CC[C@H]3N(C(=O)OC(C)(C)C)C4)n2)c2ccccc21. The van der Waals surface area contributed by atoms with Crippen LogP contribution in [0.5, 0.6) is 0 Å². The van der Waals surface area contributed by atoms with Gasteiger partial charge in [0.15, 0.2) is 0 Å². The summed E-state index contributed by atoms with van der Waals surface area (Å²) in [4.78, 5) is 19.5. The van der Waals surface area contributed by atoms with Gasteiger partial charge >= 0.3 is 6.09 Å². The highest BCUT2D eigenvalue weighted by Gasteiger charge is 2.46. The van der Waals surface area contributed by atoms with Gasteiger partial charge in [0.05, 0.1) is 5.92 Å². The Morgan fingerprint density at radius 2 is 2.03 bits per heavy atom. The zero-order valence-corrected chi connectivity index (χ0v) is 18.0. The highest BCUT2D eigenvalue weighted by atomic mass is 16.6. The van der Waals surface area contributed by atoms with Gasteiger partial charge in [0.1, 0.15) is 5.60 Å². The van der Waals surface area contributed by atoms with Gasteiger partial charge in [0.2, 0.25) is 11.7 Å². The van der Waals surface area contributed by atoms with Gasteiger partial charge in [-0.15, -0.1) is 0 Å². The van der Waals surface area contributed by atoms with Crippen molar-refractivity contribution in [3.05, 3.63) is 36.4 Å². The van der Waals surface area contributed by atoms with Crippen LogP contribution in [0.2, 0.25) is 0 Å². The molecule has 2 aromatic heterocycles. The van der Waals surface area contributed by atoms with E-state index < -0.39 is 5.60 Å². The van der Waals surface area contributed by atoms with Crippen molar-refractivity contribution in [2.45, 2.75) is 57.6 Å². The minimum Gasteiger partial charge on any atom is -0.444 e. The van der Waals surface area contributed by atoms with E-state index in [2.05, 4.69) is 21.9 Å². The number of fused-ring (bicyclic) bond motifs is 4. The van der Waals surface area contributed by atoms with E-state index in [9.17, 15) is 4.79 Å². The first-order valence-corrected chi connectivity index (χ1v) is 10.7. The number of rotatable bonds is 2. The average Bonchev–Trinajstić information content (AvgIpc) is 3.32. The zero-order chi connectivity index (χ0) is 21.0. The quantitative estimate of drug-likeness (QED) is 0.613. The molecular formula is C23H28N4O3. The first kappa shape index (κ1) is 19.2. The lowest BCUT2D eigenvalue weighted by molar-refractivity contribution is -0.0226. The van der Waals surface area contributed by atoms with Crippen LogP contribution in [-0.2, 0) is 11.8 Å². The van der Waals surface area contributed by atoms with Crippen molar-refractivity contribution in [2.24, 2.45) is 13.0 Å². The van der Waals surface area contributed by atoms with Gasteiger partial charge in [-0.3, -0.25) is 0 Å². The van der Waals surface area contributed by atoms with Gasteiger partial charge in [-0.1, -0.05) is 23.4 Å². The number of carbonyl (C=O) groups excluding carboxylic acids is 1. The Morgan fingerprint density at radius 1 is 1.23 bits per heavy atom. The zero-order valence-electron chi connectivity index (χ0n) is 18.0. The predicted molar refractivity (Wildman–Crippen MR) is 113 cm³/mol. The molecule has 7 nitrogen and oxygen atoms in total. The second-order valence-corrected chi connectivity index (χ2v) is 9.61. The topological polar surface area (TPSA) is 73.4 Å². The van der Waals surface area contributed by atoms with Crippen LogP contribution in [0.15, 0.2) is 35.0 Å². The molecule has 2 aliphatic heterocycles. The summed E-state index contributed by atoms with van der Waals surface area (Å²) in [6.45, 7) is 6.46. The molecule has 1 aromatic carbocycles. The number of hydrogen-bond acceptors (Lipinski definition) is 5. The van der Waals surface area contributed by atoms with E-state index in [1.165, 1.54) is 0 Å². The number of nitrogens with zero attached hydrogens (tertiary/aromatic N) is 4. The summed E-state index contributed by atoms with van der Waals surface area (Å²) in [5, 5.41) is 5.41. The number of ether oxygens (including phenoxy) is 1. The van der Waals surface area contributed by atoms with Crippen molar-refractivity contribution >= 4 is 17.0 Å². The highest BCUT2D eigenvalue weighted by molar-refractivity contribution is 5.94. The van der Waals surface area contributed by atoms with Gasteiger partial charge in [-0.2, -0.15) is 4.98 Å². The van der Waals surface area contributed by atoms with Crippen LogP contribution in [0.25, 0.3) is 22.3 Å². The summed E-state index contributed by atoms with van der Waals surface area (Å²) >= 11 is 0. The first-order valence-electron chi connectivity index (χ1n) is 10.7. The summed E-state index contributed by atoms with van der Waals surface area (Å²) in [7, 11) is 2.02. The fraction of sp³-hybridized carbons (Fsp3) is 0.522. The monoisotopic (exact) mass is 408 g/mol. The smallest absolute Gasteiger partial charge is 0.410 e. The number of para-hydroxylation sites is 1. The maximum atomic E-state index is 12.8. The Balaban J connectivity index is 1.44. The molecule has 0 N–H and O–H groups in total. The van der Waals surface area contributed by atoms with Crippen molar-refractivity contribution in [2.75, 3.05) is 6.54 Å². The van der Waals surface area contributed by atoms with Crippen LogP contribution >= 0.6 is 0 Å². The molecule has 3 aromatic rings. The lowest BCUT2D eigenvalue weighted by Crippen LogP contribution is -2.55. The number of piperidine rings is 2. The van der Waals surface area contributed by atoms with E-state index in [0.29, 0.717) is 17.6 Å². The Labute approximate surface area is 176 Å². The van der Waals surface area contributed by atoms with Gasteiger partial charge in [-0.05, 0) is 52.0 Å². The van der Waals surface area contributed by atoms with E-state index in [4.69, 9.17) is 14.2 Å². The van der Waals surface area contributed by atoms with Crippen molar-refractivity contribution in [3.8, 4) is 11.4 Å². The third kappa shape index (κ3) is 3.26. The molecule has 0 radical (unpaired) electrons. The number of aryl methyl sites for hydroxylation is 1. The Hall–Kier alpha value is -2.83. The number of amides is 1. The summed E-state index contributed by atoms with van der Waals surface area (Å²) < 4.78 is 13.5. The molecule has 3 fully saturated rings. The van der Waals surface area contributed by atoms with Gasteiger partial charge in [-0.25, -0.2) is 4.79 Å². The standard InChI is InChI=1S/C23H28N4O3/c1-23(2,3)29-22(28)27-12-14-9-10-19(27)16(11-14)21-24-20(25-30-21)17-13-26(4)18-8-6-5-7-15(17)18/h5-8,13-14,16,19H,9-12H2,1-4H3/t14?,16-,19-/m1/s1. The largest absolute Gasteiger partial charge is 0.444 e. The molecule has 4 heterocycles.